The summed E-state index contributed by atoms with van der Waals surface area (Å²) in [6.45, 7) is 9.98. The first-order valence-corrected chi connectivity index (χ1v) is 8.60. The van der Waals surface area contributed by atoms with Crippen molar-refractivity contribution >= 4 is 0 Å². The van der Waals surface area contributed by atoms with E-state index in [9.17, 15) is 0 Å². The topological polar surface area (TPSA) is 21.3 Å². The van der Waals surface area contributed by atoms with Crippen LogP contribution >= 0.6 is 0 Å². The van der Waals surface area contributed by atoms with Crippen LogP contribution < -0.4 is 10.1 Å². The van der Waals surface area contributed by atoms with E-state index < -0.39 is 0 Å². The maximum atomic E-state index is 6.40. The van der Waals surface area contributed by atoms with Gasteiger partial charge in [-0.2, -0.15) is 0 Å². The van der Waals surface area contributed by atoms with Crippen LogP contribution in [0.15, 0.2) is 18.2 Å². The smallest absolute Gasteiger partial charge is 0.124 e. The fourth-order valence-corrected chi connectivity index (χ4v) is 3.24. The minimum Gasteiger partial charge on any atom is -0.490 e. The van der Waals surface area contributed by atoms with Gasteiger partial charge in [0, 0.05) is 11.6 Å². The van der Waals surface area contributed by atoms with Gasteiger partial charge in [0.25, 0.3) is 0 Å². The largest absolute Gasteiger partial charge is 0.490 e. The Morgan fingerprint density at radius 1 is 1.33 bits per heavy atom. The van der Waals surface area contributed by atoms with E-state index in [1.54, 1.807) is 0 Å². The molecule has 3 atom stereocenters. The van der Waals surface area contributed by atoms with Gasteiger partial charge < -0.3 is 10.1 Å². The number of hydrogen-bond acceptors (Lipinski definition) is 2. The van der Waals surface area contributed by atoms with Gasteiger partial charge in [-0.1, -0.05) is 32.4 Å². The SMILES string of the molecule is CCCNC(C)c1ccc(C)cc1OC1CCCC(C)C1. The average molecular weight is 289 g/mol. The third-order valence-electron chi connectivity index (χ3n) is 4.52. The van der Waals surface area contributed by atoms with E-state index in [-0.39, 0.29) is 0 Å². The quantitative estimate of drug-likeness (QED) is 0.794. The van der Waals surface area contributed by atoms with Crippen molar-refractivity contribution in [3.8, 4) is 5.75 Å². The van der Waals surface area contributed by atoms with Crippen molar-refractivity contribution in [3.63, 3.8) is 0 Å². The Balaban J connectivity index is 2.10. The van der Waals surface area contributed by atoms with Crippen molar-refractivity contribution in [2.45, 2.75) is 71.9 Å². The second-order valence-electron chi connectivity index (χ2n) is 6.73. The molecule has 21 heavy (non-hydrogen) atoms. The summed E-state index contributed by atoms with van der Waals surface area (Å²) in [5.74, 6) is 1.89. The van der Waals surface area contributed by atoms with Gasteiger partial charge in [-0.3, -0.25) is 0 Å². The highest BCUT2D eigenvalue weighted by Gasteiger charge is 2.22. The van der Waals surface area contributed by atoms with Crippen molar-refractivity contribution < 1.29 is 4.74 Å². The molecular formula is C19H31NO. The monoisotopic (exact) mass is 289 g/mol. The highest BCUT2D eigenvalue weighted by Crippen LogP contribution is 2.32. The number of ether oxygens (including phenoxy) is 1. The number of hydrogen-bond donors (Lipinski definition) is 1. The van der Waals surface area contributed by atoms with Crippen molar-refractivity contribution in [1.29, 1.82) is 0 Å². The summed E-state index contributed by atoms with van der Waals surface area (Å²) >= 11 is 0. The van der Waals surface area contributed by atoms with Crippen molar-refractivity contribution in [2.24, 2.45) is 5.92 Å². The third kappa shape index (κ3) is 4.74. The summed E-state index contributed by atoms with van der Waals surface area (Å²) in [5.41, 5.74) is 2.58. The molecule has 2 rings (SSSR count). The minimum absolute atomic E-state index is 0.349. The van der Waals surface area contributed by atoms with E-state index in [1.807, 2.05) is 0 Å². The van der Waals surface area contributed by atoms with Crippen LogP contribution in [0.1, 0.15) is 70.0 Å². The van der Waals surface area contributed by atoms with E-state index >= 15 is 0 Å². The zero-order valence-corrected chi connectivity index (χ0v) is 14.1. The Morgan fingerprint density at radius 2 is 2.14 bits per heavy atom. The first kappa shape index (κ1) is 16.4. The molecule has 0 amide bonds. The molecule has 1 aliphatic carbocycles. The van der Waals surface area contributed by atoms with Crippen LogP contribution in [-0.4, -0.2) is 12.6 Å². The predicted molar refractivity (Wildman–Crippen MR) is 89.9 cm³/mol. The van der Waals surface area contributed by atoms with Gasteiger partial charge in [-0.25, -0.2) is 0 Å². The molecule has 1 N–H and O–H groups in total. The standard InChI is InChI=1S/C19H31NO/c1-5-11-20-16(4)18-10-9-15(3)13-19(18)21-17-8-6-7-14(2)12-17/h9-10,13-14,16-17,20H,5-8,11-12H2,1-4H3. The van der Waals surface area contributed by atoms with Gasteiger partial charge >= 0.3 is 0 Å². The second kappa shape index (κ2) is 7.84. The molecule has 0 heterocycles. The van der Waals surface area contributed by atoms with Crippen LogP contribution in [0.4, 0.5) is 0 Å². The molecule has 1 aliphatic rings. The number of nitrogens with one attached hydrogen (secondary N) is 1. The lowest BCUT2D eigenvalue weighted by molar-refractivity contribution is 0.127. The van der Waals surface area contributed by atoms with E-state index in [1.165, 1.54) is 36.8 Å². The molecule has 1 aromatic rings. The summed E-state index contributed by atoms with van der Waals surface area (Å²) in [4.78, 5) is 0. The highest BCUT2D eigenvalue weighted by molar-refractivity contribution is 5.39. The Morgan fingerprint density at radius 3 is 2.86 bits per heavy atom. The Labute approximate surface area is 130 Å². The van der Waals surface area contributed by atoms with Crippen molar-refractivity contribution in [2.75, 3.05) is 6.54 Å². The van der Waals surface area contributed by atoms with E-state index in [0.717, 1.165) is 24.6 Å². The maximum absolute atomic E-state index is 6.40. The van der Waals surface area contributed by atoms with Gasteiger partial charge in [-0.15, -0.1) is 0 Å². The Hall–Kier alpha value is -1.02. The molecule has 2 heteroatoms. The molecule has 3 unspecified atom stereocenters. The lowest BCUT2D eigenvalue weighted by atomic mass is 9.88. The summed E-state index contributed by atoms with van der Waals surface area (Å²) in [6, 6.07) is 6.97. The highest BCUT2D eigenvalue weighted by atomic mass is 16.5. The van der Waals surface area contributed by atoms with Crippen LogP contribution in [0.25, 0.3) is 0 Å². The predicted octanol–water partition coefficient (Wildman–Crippen LogP) is 5.01. The van der Waals surface area contributed by atoms with Crippen molar-refractivity contribution in [3.05, 3.63) is 29.3 Å². The molecule has 1 aromatic carbocycles. The minimum atomic E-state index is 0.349. The van der Waals surface area contributed by atoms with Gasteiger partial charge in [0.05, 0.1) is 6.10 Å². The maximum Gasteiger partial charge on any atom is 0.124 e. The van der Waals surface area contributed by atoms with Gasteiger partial charge in [0.15, 0.2) is 0 Å². The molecule has 0 aromatic heterocycles. The zero-order valence-electron chi connectivity index (χ0n) is 14.1. The normalized spacial score (nSPS) is 23.8. The van der Waals surface area contributed by atoms with Gasteiger partial charge in [0.2, 0.25) is 0 Å². The molecular weight excluding hydrogens is 258 g/mol. The Bertz CT molecular complexity index is 443. The molecule has 1 saturated carbocycles. The summed E-state index contributed by atoms with van der Waals surface area (Å²) in [5, 5.41) is 3.57. The first-order chi connectivity index (χ1) is 10.1. The number of benzene rings is 1. The fourth-order valence-electron chi connectivity index (χ4n) is 3.24. The molecule has 0 saturated heterocycles. The van der Waals surface area contributed by atoms with Crippen molar-refractivity contribution in [1.82, 2.24) is 5.32 Å². The van der Waals surface area contributed by atoms with E-state index in [4.69, 9.17) is 4.74 Å². The van der Waals surface area contributed by atoms with E-state index in [0.29, 0.717) is 12.1 Å². The second-order valence-corrected chi connectivity index (χ2v) is 6.73. The fraction of sp³-hybridized carbons (Fsp3) is 0.684. The summed E-state index contributed by atoms with van der Waals surface area (Å²) in [7, 11) is 0. The Kier molecular flexibility index (Phi) is 6.10. The third-order valence-corrected chi connectivity index (χ3v) is 4.52. The van der Waals surface area contributed by atoms with Gasteiger partial charge in [-0.05, 0) is 63.6 Å². The van der Waals surface area contributed by atoms with Gasteiger partial charge in [0.1, 0.15) is 5.75 Å². The number of aryl methyl sites for hydroxylation is 1. The molecule has 0 radical (unpaired) electrons. The molecule has 2 nitrogen and oxygen atoms in total. The average Bonchev–Trinajstić information content (AvgIpc) is 2.45. The molecule has 0 aliphatic heterocycles. The van der Waals surface area contributed by atoms with Crippen LogP contribution in [-0.2, 0) is 0 Å². The number of rotatable bonds is 6. The van der Waals surface area contributed by atoms with Crippen LogP contribution in [0.2, 0.25) is 0 Å². The van der Waals surface area contributed by atoms with Crippen LogP contribution in [0.3, 0.4) is 0 Å². The van der Waals surface area contributed by atoms with Crippen LogP contribution in [0.5, 0.6) is 5.75 Å². The lowest BCUT2D eigenvalue weighted by Gasteiger charge is -2.29. The lowest BCUT2D eigenvalue weighted by Crippen LogP contribution is -2.26. The summed E-state index contributed by atoms with van der Waals surface area (Å²) < 4.78 is 6.40. The summed E-state index contributed by atoms with van der Waals surface area (Å²) in [6.07, 6.45) is 6.62. The molecule has 1 fully saturated rings. The first-order valence-electron chi connectivity index (χ1n) is 8.60. The van der Waals surface area contributed by atoms with Crippen LogP contribution in [0, 0.1) is 12.8 Å². The molecule has 118 valence electrons. The zero-order chi connectivity index (χ0) is 15.2. The molecule has 0 bridgehead atoms. The molecule has 0 spiro atoms. The van der Waals surface area contributed by atoms with E-state index in [2.05, 4.69) is 51.2 Å².